The van der Waals surface area contributed by atoms with Gasteiger partial charge in [0, 0.05) is 11.6 Å². The molecule has 1 aromatic carbocycles. The fourth-order valence-electron chi connectivity index (χ4n) is 1.42. The van der Waals surface area contributed by atoms with Crippen molar-refractivity contribution in [2.45, 2.75) is 19.4 Å². The van der Waals surface area contributed by atoms with Crippen molar-refractivity contribution >= 4 is 11.8 Å². The summed E-state index contributed by atoms with van der Waals surface area (Å²) in [6.45, 7) is 6.48. The summed E-state index contributed by atoms with van der Waals surface area (Å²) in [6, 6.07) is 6.39. The lowest BCUT2D eigenvalue weighted by Crippen LogP contribution is -2.30. The molecule has 0 unspecified atom stereocenters. The molecule has 0 radical (unpaired) electrons. The highest BCUT2D eigenvalue weighted by atomic mass is 16.6. The molecule has 108 valence electrons. The Kier molecular flexibility index (Phi) is 5.46. The fraction of sp³-hybridized carbons (Fsp3) is 0.333. The topological polar surface area (TPSA) is 72.8 Å². The molecule has 1 N–H and O–H groups in total. The molecular weight excluding hydrogens is 260 g/mol. The molecule has 0 amide bonds. The summed E-state index contributed by atoms with van der Waals surface area (Å²) in [5.41, 5.74) is -0.996. The number of hydrogen-bond acceptors (Lipinski definition) is 5. The second kappa shape index (κ2) is 6.86. The van der Waals surface area contributed by atoms with Crippen LogP contribution in [0.25, 0.3) is 0 Å². The summed E-state index contributed by atoms with van der Waals surface area (Å²) in [6.07, 6.45) is 1.08. The van der Waals surface area contributed by atoms with Crippen LogP contribution in [-0.2, 0) is 9.53 Å². The van der Waals surface area contributed by atoms with Crippen LogP contribution in [-0.4, -0.2) is 35.7 Å². The Hall–Kier alpha value is -2.14. The second-order valence-electron chi connectivity index (χ2n) is 4.63. The van der Waals surface area contributed by atoms with Gasteiger partial charge in [-0.15, -0.1) is 0 Å². The Labute approximate surface area is 117 Å². The van der Waals surface area contributed by atoms with Gasteiger partial charge in [-0.1, -0.05) is 6.58 Å². The normalized spacial score (nSPS) is 10.8. The van der Waals surface area contributed by atoms with Gasteiger partial charge >= 0.3 is 5.97 Å². The number of carbonyl (C=O) groups is 2. The summed E-state index contributed by atoms with van der Waals surface area (Å²) in [4.78, 5) is 22.6. The molecule has 0 aliphatic carbocycles. The Morgan fingerprint density at radius 3 is 2.35 bits per heavy atom. The smallest absolute Gasteiger partial charge is 0.330 e. The van der Waals surface area contributed by atoms with Gasteiger partial charge in [0.15, 0.2) is 5.78 Å². The number of rotatable bonds is 7. The van der Waals surface area contributed by atoms with E-state index in [4.69, 9.17) is 9.47 Å². The van der Waals surface area contributed by atoms with Crippen molar-refractivity contribution in [1.29, 1.82) is 0 Å². The number of hydrogen-bond donors (Lipinski definition) is 1. The van der Waals surface area contributed by atoms with Gasteiger partial charge in [-0.2, -0.15) is 0 Å². The van der Waals surface area contributed by atoms with E-state index in [0.717, 1.165) is 6.08 Å². The highest BCUT2D eigenvalue weighted by molar-refractivity contribution is 6.01. The van der Waals surface area contributed by atoms with E-state index >= 15 is 0 Å². The second-order valence-corrected chi connectivity index (χ2v) is 4.63. The monoisotopic (exact) mass is 278 g/mol. The minimum absolute atomic E-state index is 0.120. The average molecular weight is 278 g/mol. The van der Waals surface area contributed by atoms with E-state index in [1.807, 2.05) is 0 Å². The Balaban J connectivity index is 2.49. The molecule has 1 rings (SSSR count). The number of benzene rings is 1. The Morgan fingerprint density at radius 1 is 1.25 bits per heavy atom. The highest BCUT2D eigenvalue weighted by Gasteiger charge is 2.24. The zero-order valence-electron chi connectivity index (χ0n) is 11.6. The first-order chi connectivity index (χ1) is 9.34. The maximum absolute atomic E-state index is 11.8. The minimum atomic E-state index is -1.40. The molecule has 0 fully saturated rings. The molecule has 1 aromatic rings. The zero-order chi connectivity index (χ0) is 15.2. The van der Waals surface area contributed by atoms with Gasteiger partial charge in [0.2, 0.25) is 0 Å². The molecule has 0 aliphatic heterocycles. The lowest BCUT2D eigenvalue weighted by Gasteiger charge is -2.15. The molecule has 5 nitrogen and oxygen atoms in total. The molecule has 0 aromatic heterocycles. The fourth-order valence-corrected chi connectivity index (χ4v) is 1.42. The van der Waals surface area contributed by atoms with Crippen LogP contribution in [0.5, 0.6) is 5.75 Å². The van der Waals surface area contributed by atoms with Gasteiger partial charge in [0.25, 0.3) is 0 Å². The van der Waals surface area contributed by atoms with Crippen LogP contribution in [0.4, 0.5) is 0 Å². The molecule has 0 bridgehead atoms. The van der Waals surface area contributed by atoms with Gasteiger partial charge in [0.1, 0.15) is 24.6 Å². The van der Waals surface area contributed by atoms with Crippen molar-refractivity contribution in [2.75, 3.05) is 13.2 Å². The summed E-state index contributed by atoms with van der Waals surface area (Å²) >= 11 is 0. The maximum atomic E-state index is 11.8. The van der Waals surface area contributed by atoms with E-state index < -0.39 is 11.6 Å². The van der Waals surface area contributed by atoms with E-state index in [-0.39, 0.29) is 19.0 Å². The molecule has 0 heterocycles. The van der Waals surface area contributed by atoms with Crippen molar-refractivity contribution < 1.29 is 24.2 Å². The molecule has 5 heteroatoms. The number of carbonyl (C=O) groups excluding carboxylic acids is 2. The van der Waals surface area contributed by atoms with Crippen LogP contribution < -0.4 is 4.74 Å². The van der Waals surface area contributed by atoms with Gasteiger partial charge in [-0.3, -0.25) is 4.79 Å². The maximum Gasteiger partial charge on any atom is 0.330 e. The van der Waals surface area contributed by atoms with Crippen molar-refractivity contribution in [3.8, 4) is 5.75 Å². The first kappa shape index (κ1) is 15.9. The molecule has 20 heavy (non-hydrogen) atoms. The van der Waals surface area contributed by atoms with Crippen LogP contribution in [0.3, 0.4) is 0 Å². The standard InChI is InChI=1S/C15H18O5/c1-4-13(16)20-10-9-19-12-7-5-11(6-8-12)14(17)15(2,3)18/h4-8,18H,1,9-10H2,2-3H3. The van der Waals surface area contributed by atoms with Crippen molar-refractivity contribution in [1.82, 2.24) is 0 Å². The summed E-state index contributed by atoms with van der Waals surface area (Å²) in [5.74, 6) is -0.310. The molecule has 0 saturated heterocycles. The quantitative estimate of drug-likeness (QED) is 0.356. The van der Waals surface area contributed by atoms with Gasteiger partial charge in [-0.25, -0.2) is 4.79 Å². The van der Waals surface area contributed by atoms with Crippen LogP contribution in [0, 0.1) is 0 Å². The van der Waals surface area contributed by atoms with Crippen molar-refractivity contribution in [3.63, 3.8) is 0 Å². The lowest BCUT2D eigenvalue weighted by molar-refractivity contribution is -0.138. The van der Waals surface area contributed by atoms with E-state index in [1.165, 1.54) is 13.8 Å². The predicted molar refractivity (Wildman–Crippen MR) is 73.7 cm³/mol. The average Bonchev–Trinajstić information content (AvgIpc) is 2.42. The SMILES string of the molecule is C=CC(=O)OCCOc1ccc(C(=O)C(C)(C)O)cc1. The van der Waals surface area contributed by atoms with Gasteiger partial charge in [-0.05, 0) is 38.1 Å². The van der Waals surface area contributed by atoms with Gasteiger partial charge in [0.05, 0.1) is 0 Å². The molecule has 0 aliphatic rings. The van der Waals surface area contributed by atoms with Crippen LogP contribution in [0.2, 0.25) is 0 Å². The van der Waals surface area contributed by atoms with Crippen molar-refractivity contribution in [3.05, 3.63) is 42.5 Å². The Morgan fingerprint density at radius 2 is 1.85 bits per heavy atom. The number of esters is 1. The first-order valence-corrected chi connectivity index (χ1v) is 6.14. The highest BCUT2D eigenvalue weighted by Crippen LogP contribution is 2.17. The number of aliphatic hydroxyl groups is 1. The molecule has 0 spiro atoms. The zero-order valence-corrected chi connectivity index (χ0v) is 11.6. The number of ether oxygens (including phenoxy) is 2. The van der Waals surface area contributed by atoms with E-state index in [9.17, 15) is 14.7 Å². The largest absolute Gasteiger partial charge is 0.490 e. The summed E-state index contributed by atoms with van der Waals surface area (Å²) < 4.78 is 10.1. The van der Waals surface area contributed by atoms with E-state index in [0.29, 0.717) is 11.3 Å². The van der Waals surface area contributed by atoms with Crippen LogP contribution >= 0.6 is 0 Å². The third kappa shape index (κ3) is 4.85. The third-order valence-corrected chi connectivity index (χ3v) is 2.44. The first-order valence-electron chi connectivity index (χ1n) is 6.14. The lowest BCUT2D eigenvalue weighted by atomic mass is 9.97. The molecule has 0 saturated carbocycles. The van der Waals surface area contributed by atoms with Crippen LogP contribution in [0.1, 0.15) is 24.2 Å². The molecule has 0 atom stereocenters. The third-order valence-electron chi connectivity index (χ3n) is 2.44. The summed E-state index contributed by atoms with van der Waals surface area (Å²) in [7, 11) is 0. The molecular formula is C15H18O5. The number of ketones is 1. The minimum Gasteiger partial charge on any atom is -0.490 e. The predicted octanol–water partition coefficient (Wildman–Crippen LogP) is 1.75. The van der Waals surface area contributed by atoms with Gasteiger partial charge < -0.3 is 14.6 Å². The van der Waals surface area contributed by atoms with Crippen molar-refractivity contribution in [2.24, 2.45) is 0 Å². The summed E-state index contributed by atoms with van der Waals surface area (Å²) in [5, 5.41) is 9.62. The van der Waals surface area contributed by atoms with E-state index in [1.54, 1.807) is 24.3 Å². The van der Waals surface area contributed by atoms with E-state index in [2.05, 4.69) is 6.58 Å². The Bertz CT molecular complexity index is 482. The van der Waals surface area contributed by atoms with Crippen LogP contribution in [0.15, 0.2) is 36.9 Å². The number of Topliss-reactive ketones (excluding diaryl/α,β-unsaturated/α-hetero) is 1.